The van der Waals surface area contributed by atoms with Crippen molar-refractivity contribution in [1.82, 2.24) is 9.55 Å². The van der Waals surface area contributed by atoms with Gasteiger partial charge in [-0.3, -0.25) is 0 Å². The Morgan fingerprint density at radius 2 is 2.00 bits per heavy atom. The molecule has 1 aliphatic rings. The van der Waals surface area contributed by atoms with Crippen LogP contribution in [0.5, 0.6) is 11.5 Å². The molecule has 1 aliphatic carbocycles. The van der Waals surface area contributed by atoms with Crippen LogP contribution >= 0.6 is 0 Å². The van der Waals surface area contributed by atoms with Crippen molar-refractivity contribution in [3.8, 4) is 11.5 Å². The van der Waals surface area contributed by atoms with Crippen LogP contribution in [0.25, 0.3) is 11.0 Å². The topological polar surface area (TPSA) is 36.3 Å². The van der Waals surface area contributed by atoms with Crippen LogP contribution in [-0.4, -0.2) is 24.2 Å². The average molecular weight is 413 g/mol. The van der Waals surface area contributed by atoms with Crippen LogP contribution in [-0.2, 0) is 11.5 Å². The summed E-state index contributed by atoms with van der Waals surface area (Å²) in [5, 5.41) is 1.02. The molecule has 4 nitrogen and oxygen atoms in total. The minimum absolute atomic E-state index is 0.261. The molecular formula is C23H29FN2O2Si. The maximum atomic E-state index is 14.0. The van der Waals surface area contributed by atoms with Gasteiger partial charge < -0.3 is 14.0 Å². The molecule has 4 rings (SSSR count). The quantitative estimate of drug-likeness (QED) is 0.314. The zero-order chi connectivity index (χ0) is 20.6. The van der Waals surface area contributed by atoms with Crippen LogP contribution in [0.15, 0.2) is 36.7 Å². The molecule has 0 unspecified atom stereocenters. The van der Waals surface area contributed by atoms with E-state index in [1.165, 1.54) is 24.5 Å². The second kappa shape index (κ2) is 7.92. The number of rotatable bonds is 8. The first-order chi connectivity index (χ1) is 13.8. The molecule has 2 aromatic heterocycles. The molecule has 1 fully saturated rings. The van der Waals surface area contributed by atoms with Gasteiger partial charge in [-0.25, -0.2) is 9.37 Å². The Kier molecular flexibility index (Phi) is 5.49. The number of benzene rings is 1. The van der Waals surface area contributed by atoms with Crippen LogP contribution in [0.2, 0.25) is 25.7 Å². The van der Waals surface area contributed by atoms with Crippen LogP contribution < -0.4 is 4.74 Å². The molecule has 0 saturated heterocycles. The summed E-state index contributed by atoms with van der Waals surface area (Å²) < 4.78 is 28.1. The number of fused-ring (bicyclic) bond motifs is 1. The zero-order valence-corrected chi connectivity index (χ0v) is 18.7. The van der Waals surface area contributed by atoms with Crippen molar-refractivity contribution < 1.29 is 13.9 Å². The van der Waals surface area contributed by atoms with E-state index in [0.29, 0.717) is 24.0 Å². The highest BCUT2D eigenvalue weighted by Crippen LogP contribution is 2.46. The largest absolute Gasteiger partial charge is 0.456 e. The fourth-order valence-electron chi connectivity index (χ4n) is 3.41. The van der Waals surface area contributed by atoms with E-state index in [0.717, 1.165) is 29.4 Å². The Morgan fingerprint density at radius 3 is 2.69 bits per heavy atom. The third-order valence-corrected chi connectivity index (χ3v) is 7.07. The predicted molar refractivity (Wildman–Crippen MR) is 117 cm³/mol. The molecule has 1 aromatic carbocycles. The summed E-state index contributed by atoms with van der Waals surface area (Å²) in [5.74, 6) is 1.51. The number of ether oxygens (including phenoxy) is 2. The highest BCUT2D eigenvalue weighted by atomic mass is 28.3. The Bertz CT molecular complexity index is 1020. The van der Waals surface area contributed by atoms with Crippen LogP contribution in [0, 0.1) is 12.7 Å². The van der Waals surface area contributed by atoms with Gasteiger partial charge in [-0.2, -0.15) is 0 Å². The van der Waals surface area contributed by atoms with Crippen molar-refractivity contribution in [1.29, 1.82) is 0 Å². The van der Waals surface area contributed by atoms with Gasteiger partial charge in [0.15, 0.2) is 0 Å². The van der Waals surface area contributed by atoms with E-state index < -0.39 is 8.07 Å². The minimum atomic E-state index is -1.11. The minimum Gasteiger partial charge on any atom is -0.456 e. The number of pyridine rings is 1. The fourth-order valence-corrected chi connectivity index (χ4v) is 4.17. The average Bonchev–Trinajstić information content (AvgIpc) is 3.43. The molecule has 0 radical (unpaired) electrons. The van der Waals surface area contributed by atoms with Crippen LogP contribution in [0.4, 0.5) is 4.39 Å². The Morgan fingerprint density at radius 1 is 1.21 bits per heavy atom. The Labute approximate surface area is 172 Å². The molecule has 29 heavy (non-hydrogen) atoms. The van der Waals surface area contributed by atoms with Gasteiger partial charge in [0.1, 0.15) is 29.7 Å². The first-order valence-corrected chi connectivity index (χ1v) is 14.0. The third kappa shape index (κ3) is 4.70. The van der Waals surface area contributed by atoms with Crippen molar-refractivity contribution in [2.24, 2.45) is 0 Å². The molecule has 0 N–H and O–H groups in total. The molecule has 2 heterocycles. The standard InChI is InChI=1S/C23H29FN2O2Si/c1-16-5-8-18(13-20(16)24)28-21-9-10-25-23-22(21)19(17-6-7-17)14-26(23)15-27-11-12-29(2,3)4/h5,8-10,13-14,17H,6-7,11-12,15H2,1-4H3. The predicted octanol–water partition coefficient (Wildman–Crippen LogP) is 6.47. The van der Waals surface area contributed by atoms with Crippen molar-refractivity contribution in [2.45, 2.75) is 58.1 Å². The van der Waals surface area contributed by atoms with Crippen molar-refractivity contribution in [2.75, 3.05) is 6.61 Å². The number of hydrogen-bond acceptors (Lipinski definition) is 3. The van der Waals surface area contributed by atoms with E-state index in [2.05, 4.69) is 35.4 Å². The monoisotopic (exact) mass is 412 g/mol. The molecule has 3 aromatic rings. The van der Waals surface area contributed by atoms with Gasteiger partial charge in [0.25, 0.3) is 0 Å². The van der Waals surface area contributed by atoms with Gasteiger partial charge in [-0.05, 0) is 55.0 Å². The number of nitrogens with zero attached hydrogens (tertiary/aromatic N) is 2. The van der Waals surface area contributed by atoms with E-state index >= 15 is 0 Å². The number of aromatic nitrogens is 2. The summed E-state index contributed by atoms with van der Waals surface area (Å²) in [4.78, 5) is 4.61. The highest BCUT2D eigenvalue weighted by Gasteiger charge is 2.29. The molecule has 6 heteroatoms. The summed E-state index contributed by atoms with van der Waals surface area (Å²) in [7, 11) is -1.11. The Hall–Kier alpha value is -2.18. The van der Waals surface area contributed by atoms with Gasteiger partial charge >= 0.3 is 0 Å². The first kappa shape index (κ1) is 20.1. The van der Waals surface area contributed by atoms with E-state index in [-0.39, 0.29) is 5.82 Å². The highest BCUT2D eigenvalue weighted by molar-refractivity contribution is 6.76. The summed E-state index contributed by atoms with van der Waals surface area (Å²) in [6.45, 7) is 10.1. The molecule has 1 saturated carbocycles. The second-order valence-electron chi connectivity index (χ2n) is 9.20. The fraction of sp³-hybridized carbons (Fsp3) is 0.435. The van der Waals surface area contributed by atoms with Crippen LogP contribution in [0.3, 0.4) is 0 Å². The van der Waals surface area contributed by atoms with Gasteiger partial charge in [0, 0.05) is 33.1 Å². The lowest BCUT2D eigenvalue weighted by molar-refractivity contribution is 0.0898. The van der Waals surface area contributed by atoms with Gasteiger partial charge in [0.2, 0.25) is 0 Å². The number of hydrogen-bond donors (Lipinski definition) is 0. The smallest absolute Gasteiger partial charge is 0.145 e. The van der Waals surface area contributed by atoms with Gasteiger partial charge in [-0.1, -0.05) is 25.7 Å². The van der Waals surface area contributed by atoms with Gasteiger partial charge in [-0.15, -0.1) is 0 Å². The summed E-state index contributed by atoms with van der Waals surface area (Å²) in [5.41, 5.74) is 2.73. The van der Waals surface area contributed by atoms with E-state index in [9.17, 15) is 4.39 Å². The number of aryl methyl sites for hydroxylation is 1. The molecular weight excluding hydrogens is 383 g/mol. The molecule has 0 atom stereocenters. The zero-order valence-electron chi connectivity index (χ0n) is 17.7. The summed E-state index contributed by atoms with van der Waals surface area (Å²) in [6, 6.07) is 7.99. The van der Waals surface area contributed by atoms with Gasteiger partial charge in [0.05, 0.1) is 5.39 Å². The van der Waals surface area contributed by atoms with Crippen molar-refractivity contribution >= 4 is 19.1 Å². The lowest BCUT2D eigenvalue weighted by atomic mass is 10.1. The second-order valence-corrected chi connectivity index (χ2v) is 14.8. The summed E-state index contributed by atoms with van der Waals surface area (Å²) in [6.07, 6.45) is 6.27. The lowest BCUT2D eigenvalue weighted by Crippen LogP contribution is -2.22. The summed E-state index contributed by atoms with van der Waals surface area (Å²) >= 11 is 0. The lowest BCUT2D eigenvalue weighted by Gasteiger charge is -2.15. The molecule has 0 bridgehead atoms. The van der Waals surface area contributed by atoms with Crippen LogP contribution in [0.1, 0.15) is 29.9 Å². The molecule has 154 valence electrons. The first-order valence-electron chi connectivity index (χ1n) is 10.3. The van der Waals surface area contributed by atoms with Crippen molar-refractivity contribution in [3.05, 3.63) is 53.6 Å². The van der Waals surface area contributed by atoms with E-state index in [1.807, 2.05) is 6.07 Å². The van der Waals surface area contributed by atoms with E-state index in [4.69, 9.17) is 9.47 Å². The third-order valence-electron chi connectivity index (χ3n) is 5.36. The molecule has 0 aliphatic heterocycles. The maximum Gasteiger partial charge on any atom is 0.145 e. The molecule has 0 spiro atoms. The van der Waals surface area contributed by atoms with E-state index in [1.54, 1.807) is 25.3 Å². The normalized spacial score (nSPS) is 14.5. The Balaban J connectivity index is 1.62. The SMILES string of the molecule is Cc1ccc(Oc2ccnc3c2c(C2CC2)cn3COCC[Si](C)(C)C)cc1F. The maximum absolute atomic E-state index is 14.0. The number of halogens is 1. The molecule has 0 amide bonds. The van der Waals surface area contributed by atoms with Crippen molar-refractivity contribution in [3.63, 3.8) is 0 Å².